The first-order valence-electron chi connectivity index (χ1n) is 9.91. The van der Waals surface area contributed by atoms with Crippen LogP contribution in [0.25, 0.3) is 0 Å². The fourth-order valence-electron chi connectivity index (χ4n) is 3.53. The molecular weight excluding hydrogens is 433 g/mol. The quantitative estimate of drug-likeness (QED) is 0.330. The van der Waals surface area contributed by atoms with Gasteiger partial charge in [0, 0.05) is 23.2 Å². The molecule has 1 aliphatic heterocycles. The van der Waals surface area contributed by atoms with Crippen molar-refractivity contribution in [3.8, 4) is 11.5 Å². The molecule has 1 aliphatic rings. The number of nitrogen functional groups attached to an aromatic ring is 1. The molecule has 0 saturated heterocycles. The van der Waals surface area contributed by atoms with Crippen molar-refractivity contribution in [3.63, 3.8) is 0 Å². The summed E-state index contributed by atoms with van der Waals surface area (Å²) in [6.07, 6.45) is 1.45. The van der Waals surface area contributed by atoms with Crippen molar-refractivity contribution < 1.29 is 19.0 Å². The lowest BCUT2D eigenvalue weighted by Gasteiger charge is -2.19. The Morgan fingerprint density at radius 3 is 3.03 bits per heavy atom. The van der Waals surface area contributed by atoms with Crippen molar-refractivity contribution in [2.24, 2.45) is 4.99 Å². The normalized spacial score (nSPS) is 13.8. The van der Waals surface area contributed by atoms with Gasteiger partial charge in [0.2, 0.25) is 0 Å². The molecule has 8 nitrogen and oxygen atoms in total. The number of hydrogen-bond acceptors (Lipinski definition) is 8. The number of benzene rings is 1. The molecule has 32 heavy (non-hydrogen) atoms. The Kier molecular flexibility index (Phi) is 6.06. The van der Waals surface area contributed by atoms with Crippen LogP contribution in [0.2, 0.25) is 0 Å². The molecule has 1 aromatic carbocycles. The lowest BCUT2D eigenvalue weighted by Crippen LogP contribution is -2.21. The van der Waals surface area contributed by atoms with Crippen molar-refractivity contribution >= 4 is 40.3 Å². The van der Waals surface area contributed by atoms with Gasteiger partial charge in [-0.2, -0.15) is 0 Å². The van der Waals surface area contributed by atoms with Crippen molar-refractivity contribution in [2.75, 3.05) is 17.6 Å². The van der Waals surface area contributed by atoms with Crippen LogP contribution in [-0.4, -0.2) is 29.3 Å². The first kappa shape index (κ1) is 21.7. The van der Waals surface area contributed by atoms with E-state index in [4.69, 9.17) is 10.5 Å². The Balaban J connectivity index is 1.57. The number of thiophene rings is 1. The van der Waals surface area contributed by atoms with Gasteiger partial charge < -0.3 is 26.2 Å². The predicted molar refractivity (Wildman–Crippen MR) is 123 cm³/mol. The van der Waals surface area contributed by atoms with Crippen LogP contribution >= 0.6 is 11.3 Å². The lowest BCUT2D eigenvalue weighted by atomic mass is 10.1. The number of pyridine rings is 1. The monoisotopic (exact) mass is 455 g/mol. The minimum absolute atomic E-state index is 0.0978. The molecule has 0 radical (unpaired) electrons. The zero-order valence-corrected chi connectivity index (χ0v) is 18.1. The van der Waals surface area contributed by atoms with E-state index in [1.54, 1.807) is 6.92 Å². The highest BCUT2D eigenvalue weighted by Crippen LogP contribution is 2.37. The van der Waals surface area contributed by atoms with Gasteiger partial charge in [0.05, 0.1) is 16.8 Å². The second kappa shape index (κ2) is 8.93. The van der Waals surface area contributed by atoms with Crippen LogP contribution in [-0.2, 0) is 13.0 Å². The minimum atomic E-state index is -0.832. The minimum Gasteiger partial charge on any atom is -0.504 e. The first-order valence-corrected chi connectivity index (χ1v) is 10.7. The van der Waals surface area contributed by atoms with Gasteiger partial charge in [0.15, 0.2) is 11.6 Å². The maximum atomic E-state index is 13.8. The highest BCUT2D eigenvalue weighted by atomic mass is 32.1. The summed E-state index contributed by atoms with van der Waals surface area (Å²) in [5, 5.41) is 17.0. The molecule has 3 heterocycles. The molecule has 0 bridgehead atoms. The average Bonchev–Trinajstić information content (AvgIpc) is 3.18. The number of nitrogens with one attached hydrogen (secondary N) is 2. The number of rotatable bonds is 6. The van der Waals surface area contributed by atoms with E-state index >= 15 is 0 Å². The van der Waals surface area contributed by atoms with Crippen LogP contribution in [0.4, 0.5) is 20.8 Å². The largest absolute Gasteiger partial charge is 0.504 e. The molecule has 2 aromatic heterocycles. The molecular formula is C22H22FN5O3S. The van der Waals surface area contributed by atoms with E-state index in [0.29, 0.717) is 5.69 Å². The second-order valence-corrected chi connectivity index (χ2v) is 8.43. The average molecular weight is 456 g/mol. The molecule has 1 amide bonds. The van der Waals surface area contributed by atoms with Crippen molar-refractivity contribution in [3.05, 3.63) is 58.0 Å². The molecule has 166 valence electrons. The van der Waals surface area contributed by atoms with Gasteiger partial charge in [0.1, 0.15) is 23.2 Å². The summed E-state index contributed by atoms with van der Waals surface area (Å²) in [5.41, 5.74) is 7.80. The third-order valence-corrected chi connectivity index (χ3v) is 6.24. The predicted octanol–water partition coefficient (Wildman–Crippen LogP) is 3.94. The van der Waals surface area contributed by atoms with Crippen LogP contribution in [0.3, 0.4) is 0 Å². The van der Waals surface area contributed by atoms with Crippen LogP contribution in [0.1, 0.15) is 39.5 Å². The SMILES string of the molecule is C=Nc1cnc(C(=O)Nc2cc3c(s2)CNCC3)cc1OC(C)c1c(N)ccc(F)c1O. The number of ether oxygens (including phenoxy) is 1. The topological polar surface area (TPSA) is 122 Å². The van der Waals surface area contributed by atoms with Gasteiger partial charge in [-0.15, -0.1) is 11.3 Å². The lowest BCUT2D eigenvalue weighted by molar-refractivity contribution is 0.102. The molecule has 0 saturated carbocycles. The molecule has 0 aliphatic carbocycles. The highest BCUT2D eigenvalue weighted by Gasteiger charge is 2.22. The van der Waals surface area contributed by atoms with Gasteiger partial charge in [-0.3, -0.25) is 9.79 Å². The van der Waals surface area contributed by atoms with Gasteiger partial charge in [-0.1, -0.05) is 0 Å². The fourth-order valence-corrected chi connectivity index (χ4v) is 4.61. The van der Waals surface area contributed by atoms with Crippen molar-refractivity contribution in [1.82, 2.24) is 10.3 Å². The van der Waals surface area contributed by atoms with E-state index in [9.17, 15) is 14.3 Å². The Labute approximate surface area is 188 Å². The van der Waals surface area contributed by atoms with E-state index in [0.717, 1.165) is 30.6 Å². The Morgan fingerprint density at radius 1 is 1.47 bits per heavy atom. The van der Waals surface area contributed by atoms with Crippen molar-refractivity contribution in [2.45, 2.75) is 26.0 Å². The van der Waals surface area contributed by atoms with E-state index in [1.807, 2.05) is 6.07 Å². The maximum absolute atomic E-state index is 13.8. The van der Waals surface area contributed by atoms with Crippen LogP contribution < -0.4 is 21.1 Å². The fraction of sp³-hybridized carbons (Fsp3) is 0.227. The summed E-state index contributed by atoms with van der Waals surface area (Å²) in [6, 6.07) is 5.83. The number of carbonyl (C=O) groups is 1. The number of nitrogens with zero attached hydrogens (tertiary/aromatic N) is 2. The number of aromatic hydroxyl groups is 1. The molecule has 10 heteroatoms. The number of carbonyl (C=O) groups excluding carboxylic acids is 1. The second-order valence-electron chi connectivity index (χ2n) is 7.29. The van der Waals surface area contributed by atoms with E-state index < -0.39 is 23.6 Å². The highest BCUT2D eigenvalue weighted by molar-refractivity contribution is 7.16. The van der Waals surface area contributed by atoms with E-state index in [2.05, 4.69) is 27.3 Å². The number of aliphatic imine (C=N–C) groups is 1. The number of fused-ring (bicyclic) bond motifs is 1. The summed E-state index contributed by atoms with van der Waals surface area (Å²) in [5.74, 6) is -1.60. The number of nitrogens with two attached hydrogens (primary N) is 1. The number of anilines is 2. The van der Waals surface area contributed by atoms with Gasteiger partial charge in [0.25, 0.3) is 5.91 Å². The molecule has 5 N–H and O–H groups in total. The molecule has 4 rings (SSSR count). The molecule has 0 fully saturated rings. The van der Waals surface area contributed by atoms with Crippen LogP contribution in [0.5, 0.6) is 11.5 Å². The Bertz CT molecular complexity index is 1170. The van der Waals surface area contributed by atoms with Gasteiger partial charge in [-0.25, -0.2) is 9.37 Å². The number of phenolic OH excluding ortho intramolecular Hbond substituents is 1. The summed E-state index contributed by atoms with van der Waals surface area (Å²) in [7, 11) is 0. The summed E-state index contributed by atoms with van der Waals surface area (Å²) < 4.78 is 19.7. The van der Waals surface area contributed by atoms with Crippen LogP contribution in [0, 0.1) is 5.82 Å². The van der Waals surface area contributed by atoms with Gasteiger partial charge in [-0.05, 0) is 50.4 Å². The summed E-state index contributed by atoms with van der Waals surface area (Å²) in [4.78, 5) is 22.0. The van der Waals surface area contributed by atoms with Crippen LogP contribution in [0.15, 0.2) is 35.5 Å². The summed E-state index contributed by atoms with van der Waals surface area (Å²) in [6.45, 7) is 6.80. The smallest absolute Gasteiger partial charge is 0.274 e. The molecule has 3 aromatic rings. The standard InChI is InChI=1S/C22H22FN5O3S/c1-11(20-14(24)4-3-13(23)21(20)29)31-17-8-15(27-9-16(17)25-2)22(30)28-19-7-12-5-6-26-10-18(12)32-19/h3-4,7-9,11,26,29H,2,5-6,10,24H2,1H3,(H,28,30). The van der Waals surface area contributed by atoms with Crippen molar-refractivity contribution in [1.29, 1.82) is 0 Å². The molecule has 1 unspecified atom stereocenters. The first-order chi connectivity index (χ1) is 15.4. The van der Waals surface area contributed by atoms with E-state index in [1.165, 1.54) is 40.1 Å². The number of aromatic nitrogens is 1. The number of amides is 1. The Hall–Kier alpha value is -3.50. The number of phenols is 1. The summed E-state index contributed by atoms with van der Waals surface area (Å²) >= 11 is 1.52. The third-order valence-electron chi connectivity index (χ3n) is 5.15. The Morgan fingerprint density at radius 2 is 2.28 bits per heavy atom. The number of hydrogen-bond donors (Lipinski definition) is 4. The zero-order chi connectivity index (χ0) is 22.8. The zero-order valence-electron chi connectivity index (χ0n) is 17.3. The number of halogens is 1. The van der Waals surface area contributed by atoms with E-state index in [-0.39, 0.29) is 22.7 Å². The maximum Gasteiger partial charge on any atom is 0.274 e. The third kappa shape index (κ3) is 4.27. The molecule has 0 spiro atoms. The molecule has 1 atom stereocenters. The van der Waals surface area contributed by atoms with Gasteiger partial charge >= 0.3 is 0 Å².